The molecular formula is C10H17NO2. The Kier molecular flexibility index (Phi) is 2.54. The second kappa shape index (κ2) is 3.66. The van der Waals surface area contributed by atoms with E-state index in [4.69, 9.17) is 4.74 Å². The molecule has 1 N–H and O–H groups in total. The maximum Gasteiger partial charge on any atom is 0.308 e. The maximum atomic E-state index is 11.3. The van der Waals surface area contributed by atoms with Crippen molar-refractivity contribution in [3.05, 3.63) is 0 Å². The van der Waals surface area contributed by atoms with E-state index in [0.29, 0.717) is 12.1 Å². The molecule has 0 radical (unpaired) electrons. The van der Waals surface area contributed by atoms with Crippen molar-refractivity contribution in [2.75, 3.05) is 7.11 Å². The molecule has 2 fully saturated rings. The van der Waals surface area contributed by atoms with Crippen LogP contribution in [0.4, 0.5) is 0 Å². The van der Waals surface area contributed by atoms with Gasteiger partial charge in [-0.3, -0.25) is 4.79 Å². The Morgan fingerprint density at radius 3 is 2.46 bits per heavy atom. The molecule has 0 aromatic rings. The largest absolute Gasteiger partial charge is 0.469 e. The molecule has 3 heteroatoms. The monoisotopic (exact) mass is 183 g/mol. The summed E-state index contributed by atoms with van der Waals surface area (Å²) in [5.74, 6) is 0.139. The maximum absolute atomic E-state index is 11.3. The first-order valence-corrected chi connectivity index (χ1v) is 5.13. The molecule has 74 valence electrons. The Labute approximate surface area is 78.8 Å². The minimum atomic E-state index is -0.0154. The smallest absolute Gasteiger partial charge is 0.308 e. The molecule has 2 aliphatic rings. The predicted molar refractivity (Wildman–Crippen MR) is 49.3 cm³/mol. The van der Waals surface area contributed by atoms with Gasteiger partial charge in [0.15, 0.2) is 0 Å². The lowest BCUT2D eigenvalue weighted by molar-refractivity contribution is -0.147. The predicted octanol–water partition coefficient (Wildman–Crippen LogP) is 1.08. The third kappa shape index (κ3) is 1.85. The van der Waals surface area contributed by atoms with Crippen molar-refractivity contribution in [1.82, 2.24) is 5.32 Å². The minimum absolute atomic E-state index is 0.0154. The Hall–Kier alpha value is -0.570. The zero-order valence-corrected chi connectivity index (χ0v) is 8.08. The molecular weight excluding hydrogens is 166 g/mol. The molecule has 13 heavy (non-hydrogen) atoms. The van der Waals surface area contributed by atoms with Crippen molar-refractivity contribution in [3.63, 3.8) is 0 Å². The van der Waals surface area contributed by atoms with Crippen molar-refractivity contribution in [2.24, 2.45) is 5.92 Å². The van der Waals surface area contributed by atoms with Crippen LogP contribution in [0.5, 0.6) is 0 Å². The number of piperidine rings is 2. The fourth-order valence-electron chi connectivity index (χ4n) is 2.62. The van der Waals surface area contributed by atoms with Crippen LogP contribution in [0, 0.1) is 5.92 Å². The Morgan fingerprint density at radius 1 is 1.31 bits per heavy atom. The van der Waals surface area contributed by atoms with Crippen molar-refractivity contribution < 1.29 is 9.53 Å². The molecule has 0 unspecified atom stereocenters. The number of ether oxygens (including phenoxy) is 1. The molecule has 2 saturated heterocycles. The van der Waals surface area contributed by atoms with Crippen LogP contribution in [0.15, 0.2) is 0 Å². The van der Waals surface area contributed by atoms with E-state index in [-0.39, 0.29) is 11.9 Å². The molecule has 2 aliphatic heterocycles. The fourth-order valence-corrected chi connectivity index (χ4v) is 2.62. The number of hydrogen-bond donors (Lipinski definition) is 1. The third-order valence-corrected chi connectivity index (χ3v) is 3.25. The van der Waals surface area contributed by atoms with E-state index >= 15 is 0 Å². The molecule has 0 aromatic heterocycles. The van der Waals surface area contributed by atoms with Gasteiger partial charge < -0.3 is 10.1 Å². The van der Waals surface area contributed by atoms with Gasteiger partial charge in [-0.1, -0.05) is 6.42 Å². The number of fused-ring (bicyclic) bond motifs is 2. The molecule has 2 rings (SSSR count). The highest BCUT2D eigenvalue weighted by molar-refractivity contribution is 5.72. The number of methoxy groups -OCH3 is 1. The normalized spacial score (nSPS) is 38.4. The summed E-state index contributed by atoms with van der Waals surface area (Å²) in [5, 5.41) is 3.55. The summed E-state index contributed by atoms with van der Waals surface area (Å²) in [6.45, 7) is 0. The Bertz CT molecular complexity index is 193. The van der Waals surface area contributed by atoms with Crippen LogP contribution in [0.2, 0.25) is 0 Å². The van der Waals surface area contributed by atoms with Gasteiger partial charge in [0.05, 0.1) is 13.0 Å². The summed E-state index contributed by atoms with van der Waals surface area (Å²) in [4.78, 5) is 11.3. The van der Waals surface area contributed by atoms with Gasteiger partial charge in [-0.15, -0.1) is 0 Å². The quantitative estimate of drug-likeness (QED) is 0.618. The summed E-state index contributed by atoms with van der Waals surface area (Å²) < 4.78 is 4.79. The van der Waals surface area contributed by atoms with Crippen LogP contribution in [0.1, 0.15) is 32.1 Å². The molecule has 0 aliphatic carbocycles. The van der Waals surface area contributed by atoms with Gasteiger partial charge >= 0.3 is 5.97 Å². The molecule has 0 aromatic carbocycles. The number of esters is 1. The lowest BCUT2D eigenvalue weighted by Crippen LogP contribution is -2.50. The summed E-state index contributed by atoms with van der Waals surface area (Å²) in [6.07, 6.45) is 5.72. The molecule has 0 saturated carbocycles. The van der Waals surface area contributed by atoms with Gasteiger partial charge in [0, 0.05) is 12.1 Å². The van der Waals surface area contributed by atoms with E-state index in [9.17, 15) is 4.79 Å². The van der Waals surface area contributed by atoms with E-state index in [0.717, 1.165) is 12.8 Å². The van der Waals surface area contributed by atoms with Gasteiger partial charge in [-0.2, -0.15) is 0 Å². The fraction of sp³-hybridized carbons (Fsp3) is 0.900. The zero-order valence-electron chi connectivity index (χ0n) is 8.08. The first-order valence-electron chi connectivity index (χ1n) is 5.13. The van der Waals surface area contributed by atoms with E-state index in [1.54, 1.807) is 0 Å². The van der Waals surface area contributed by atoms with Crippen LogP contribution in [-0.2, 0) is 9.53 Å². The van der Waals surface area contributed by atoms with Gasteiger partial charge in [-0.25, -0.2) is 0 Å². The summed E-state index contributed by atoms with van der Waals surface area (Å²) in [5.41, 5.74) is 0. The van der Waals surface area contributed by atoms with Gasteiger partial charge in [0.25, 0.3) is 0 Å². The van der Waals surface area contributed by atoms with Crippen LogP contribution in [0.25, 0.3) is 0 Å². The first-order chi connectivity index (χ1) is 6.29. The first kappa shape index (κ1) is 9.00. The second-order valence-corrected chi connectivity index (χ2v) is 4.18. The zero-order chi connectivity index (χ0) is 9.26. The lowest BCUT2D eigenvalue weighted by Gasteiger charge is -2.39. The number of nitrogens with one attached hydrogen (secondary N) is 1. The molecule has 2 atom stereocenters. The number of carbonyl (C=O) groups excluding carboxylic acids is 1. The van der Waals surface area contributed by atoms with Gasteiger partial charge in [0.1, 0.15) is 0 Å². The minimum Gasteiger partial charge on any atom is -0.469 e. The molecule has 2 bridgehead atoms. The number of hydrogen-bond acceptors (Lipinski definition) is 3. The number of carbonyl (C=O) groups is 1. The van der Waals surface area contributed by atoms with Crippen molar-refractivity contribution in [3.8, 4) is 0 Å². The van der Waals surface area contributed by atoms with E-state index in [1.165, 1.54) is 26.4 Å². The van der Waals surface area contributed by atoms with Crippen molar-refractivity contribution in [2.45, 2.75) is 44.2 Å². The Balaban J connectivity index is 1.97. The molecule has 0 spiro atoms. The van der Waals surface area contributed by atoms with Crippen LogP contribution in [-0.4, -0.2) is 25.2 Å². The SMILES string of the molecule is COC(=O)C1C[C@@H]2CCC[C@@H](C1)N2. The highest BCUT2D eigenvalue weighted by Crippen LogP contribution is 2.30. The molecule has 3 nitrogen and oxygen atoms in total. The van der Waals surface area contributed by atoms with Crippen LogP contribution < -0.4 is 5.32 Å². The summed E-state index contributed by atoms with van der Waals surface area (Å²) in [6, 6.07) is 1.13. The highest BCUT2D eigenvalue weighted by atomic mass is 16.5. The summed E-state index contributed by atoms with van der Waals surface area (Å²) in [7, 11) is 1.49. The molecule has 2 heterocycles. The van der Waals surface area contributed by atoms with Crippen molar-refractivity contribution >= 4 is 5.97 Å². The average Bonchev–Trinajstić information content (AvgIpc) is 2.16. The standard InChI is InChI=1S/C10H17NO2/c1-13-10(12)7-5-8-3-2-4-9(6-7)11-8/h7-9,11H,2-6H2,1H3/t8-,9-/m0/s1. The van der Waals surface area contributed by atoms with Crippen LogP contribution in [0.3, 0.4) is 0 Å². The van der Waals surface area contributed by atoms with Gasteiger partial charge in [0.2, 0.25) is 0 Å². The average molecular weight is 183 g/mol. The molecule has 0 amide bonds. The van der Waals surface area contributed by atoms with Crippen LogP contribution >= 0.6 is 0 Å². The second-order valence-electron chi connectivity index (χ2n) is 4.18. The van der Waals surface area contributed by atoms with E-state index < -0.39 is 0 Å². The highest BCUT2D eigenvalue weighted by Gasteiger charge is 2.34. The topological polar surface area (TPSA) is 38.3 Å². The van der Waals surface area contributed by atoms with Gasteiger partial charge in [-0.05, 0) is 25.7 Å². The summed E-state index contributed by atoms with van der Waals surface area (Å²) >= 11 is 0. The van der Waals surface area contributed by atoms with E-state index in [2.05, 4.69) is 5.32 Å². The number of rotatable bonds is 1. The third-order valence-electron chi connectivity index (χ3n) is 3.25. The van der Waals surface area contributed by atoms with E-state index in [1.807, 2.05) is 0 Å². The lowest BCUT2D eigenvalue weighted by atomic mass is 9.80. The van der Waals surface area contributed by atoms with Crippen molar-refractivity contribution in [1.29, 1.82) is 0 Å². The Morgan fingerprint density at radius 2 is 1.92 bits per heavy atom.